The summed E-state index contributed by atoms with van der Waals surface area (Å²) in [6.45, 7) is 0. The van der Waals surface area contributed by atoms with Gasteiger partial charge in [0.15, 0.2) is 0 Å². The number of aromatic nitrogens is 2. The molecule has 0 aliphatic heterocycles. The minimum Gasteiger partial charge on any atom is -0.439 e. The molecule has 148 valence electrons. The molecule has 0 aliphatic carbocycles. The Bertz CT molecular complexity index is 1220. The smallest absolute Gasteiger partial charge is 0.248 e. The third-order valence-electron chi connectivity index (χ3n) is 4.03. The van der Waals surface area contributed by atoms with Crippen LogP contribution in [0, 0.1) is 0 Å². The van der Waals surface area contributed by atoms with E-state index in [0.717, 1.165) is 15.2 Å². The molecule has 0 fully saturated rings. The number of carbonyl (C=O) groups is 2. The summed E-state index contributed by atoms with van der Waals surface area (Å²) >= 11 is 1.52. The van der Waals surface area contributed by atoms with E-state index in [2.05, 4.69) is 15.3 Å². The molecule has 8 heteroatoms. The third kappa shape index (κ3) is 4.68. The number of pyridine rings is 1. The van der Waals surface area contributed by atoms with E-state index in [1.165, 1.54) is 29.7 Å². The number of ether oxygens (including phenoxy) is 1. The van der Waals surface area contributed by atoms with Gasteiger partial charge < -0.3 is 15.8 Å². The lowest BCUT2D eigenvalue weighted by atomic mass is 10.2. The number of para-hydroxylation sites is 1. The molecule has 2 heterocycles. The number of benzene rings is 2. The van der Waals surface area contributed by atoms with Crippen LogP contribution in [0.2, 0.25) is 0 Å². The highest BCUT2D eigenvalue weighted by atomic mass is 32.1. The van der Waals surface area contributed by atoms with Crippen LogP contribution in [0.25, 0.3) is 16.3 Å². The first-order chi connectivity index (χ1) is 14.6. The molecule has 2 amide bonds. The van der Waals surface area contributed by atoms with Crippen LogP contribution in [0.4, 0.5) is 5.69 Å². The zero-order chi connectivity index (χ0) is 20.9. The third-order valence-corrected chi connectivity index (χ3v) is 5.03. The van der Waals surface area contributed by atoms with Crippen molar-refractivity contribution in [3.63, 3.8) is 0 Å². The van der Waals surface area contributed by atoms with Crippen molar-refractivity contribution in [1.29, 1.82) is 0 Å². The molecule has 2 aromatic carbocycles. The van der Waals surface area contributed by atoms with Crippen molar-refractivity contribution in [2.24, 2.45) is 5.73 Å². The van der Waals surface area contributed by atoms with Crippen molar-refractivity contribution in [3.8, 4) is 11.6 Å². The van der Waals surface area contributed by atoms with Crippen molar-refractivity contribution >= 4 is 45.1 Å². The summed E-state index contributed by atoms with van der Waals surface area (Å²) in [5, 5.41) is 3.49. The lowest BCUT2D eigenvalue weighted by molar-refractivity contribution is -0.111. The minimum absolute atomic E-state index is 0.293. The molecule has 0 spiro atoms. The Labute approximate surface area is 175 Å². The van der Waals surface area contributed by atoms with Gasteiger partial charge in [0.2, 0.25) is 17.7 Å². The van der Waals surface area contributed by atoms with Gasteiger partial charge in [0, 0.05) is 17.7 Å². The second-order valence-corrected chi connectivity index (χ2v) is 7.28. The van der Waals surface area contributed by atoms with Gasteiger partial charge in [-0.15, -0.1) is 11.3 Å². The van der Waals surface area contributed by atoms with Crippen LogP contribution in [0.3, 0.4) is 0 Å². The Hall–Kier alpha value is -4.04. The maximum atomic E-state index is 12.2. The molecule has 4 aromatic rings. The van der Waals surface area contributed by atoms with Crippen molar-refractivity contribution in [2.45, 2.75) is 0 Å². The maximum absolute atomic E-state index is 12.2. The molecular formula is C22H16N4O3S. The van der Waals surface area contributed by atoms with E-state index < -0.39 is 5.91 Å². The Morgan fingerprint density at radius 3 is 2.70 bits per heavy atom. The van der Waals surface area contributed by atoms with E-state index in [0.29, 0.717) is 22.9 Å². The number of carbonyl (C=O) groups excluding carboxylic acids is 2. The van der Waals surface area contributed by atoms with Gasteiger partial charge >= 0.3 is 0 Å². The first-order valence-electron chi connectivity index (χ1n) is 8.95. The molecule has 0 saturated carbocycles. The summed E-state index contributed by atoms with van der Waals surface area (Å²) in [4.78, 5) is 32.0. The molecule has 0 saturated heterocycles. The highest BCUT2D eigenvalue weighted by Gasteiger charge is 2.05. The van der Waals surface area contributed by atoms with Gasteiger partial charge in [0.25, 0.3) is 0 Å². The molecular weight excluding hydrogens is 400 g/mol. The van der Waals surface area contributed by atoms with Crippen LogP contribution in [-0.2, 0) is 4.79 Å². The average molecular weight is 416 g/mol. The average Bonchev–Trinajstić information content (AvgIpc) is 3.17. The van der Waals surface area contributed by atoms with Crippen LogP contribution in [-0.4, -0.2) is 21.8 Å². The molecule has 7 nitrogen and oxygen atoms in total. The predicted molar refractivity (Wildman–Crippen MR) is 117 cm³/mol. The number of primary amides is 1. The van der Waals surface area contributed by atoms with E-state index in [1.54, 1.807) is 36.4 Å². The largest absolute Gasteiger partial charge is 0.439 e. The van der Waals surface area contributed by atoms with Crippen molar-refractivity contribution in [2.75, 3.05) is 5.32 Å². The molecule has 0 aliphatic rings. The highest BCUT2D eigenvalue weighted by molar-refractivity contribution is 7.19. The summed E-state index contributed by atoms with van der Waals surface area (Å²) in [6, 6.07) is 17.6. The molecule has 0 unspecified atom stereocenters. The number of amides is 2. The topological polar surface area (TPSA) is 107 Å². The fourth-order valence-corrected chi connectivity index (χ4v) is 3.51. The Morgan fingerprint density at radius 1 is 1.07 bits per heavy atom. The fourth-order valence-electron chi connectivity index (χ4n) is 2.64. The lowest BCUT2D eigenvalue weighted by Crippen LogP contribution is -2.10. The fraction of sp³-hybridized carbons (Fsp3) is 0. The van der Waals surface area contributed by atoms with E-state index in [4.69, 9.17) is 10.5 Å². The Balaban J connectivity index is 1.37. The number of thiazole rings is 1. The van der Waals surface area contributed by atoms with Gasteiger partial charge in [0.1, 0.15) is 10.8 Å². The number of rotatable bonds is 6. The molecule has 0 radical (unpaired) electrons. The van der Waals surface area contributed by atoms with Crippen LogP contribution < -0.4 is 15.8 Å². The number of nitrogens with two attached hydrogens (primary N) is 1. The molecule has 2 aromatic heterocycles. The molecule has 0 atom stereocenters. The van der Waals surface area contributed by atoms with Crippen LogP contribution in [0.15, 0.2) is 72.9 Å². The normalized spacial score (nSPS) is 10.9. The first kappa shape index (κ1) is 19.3. The quantitative estimate of drug-likeness (QED) is 0.457. The van der Waals surface area contributed by atoms with Gasteiger partial charge in [-0.1, -0.05) is 18.2 Å². The number of hydrogen-bond acceptors (Lipinski definition) is 6. The van der Waals surface area contributed by atoms with E-state index in [-0.39, 0.29) is 5.91 Å². The van der Waals surface area contributed by atoms with E-state index in [1.807, 2.05) is 24.3 Å². The van der Waals surface area contributed by atoms with Gasteiger partial charge in [-0.3, -0.25) is 9.59 Å². The SMILES string of the molecule is NC(=O)c1cccc(Oc2ccc(NC(=O)/C=C/c3nc4ccccc4s3)cn2)c1. The summed E-state index contributed by atoms with van der Waals surface area (Å²) in [5.74, 6) is -0.0711. The molecule has 30 heavy (non-hydrogen) atoms. The second-order valence-electron chi connectivity index (χ2n) is 6.22. The number of nitrogens with zero attached hydrogens (tertiary/aromatic N) is 2. The number of hydrogen-bond donors (Lipinski definition) is 2. The predicted octanol–water partition coefficient (Wildman–Crippen LogP) is 4.23. The summed E-state index contributed by atoms with van der Waals surface area (Å²) in [6.07, 6.45) is 4.59. The summed E-state index contributed by atoms with van der Waals surface area (Å²) < 4.78 is 6.68. The summed E-state index contributed by atoms with van der Waals surface area (Å²) in [5.41, 5.74) is 7.04. The van der Waals surface area contributed by atoms with Crippen LogP contribution in [0.1, 0.15) is 15.4 Å². The van der Waals surface area contributed by atoms with Crippen LogP contribution >= 0.6 is 11.3 Å². The lowest BCUT2D eigenvalue weighted by Gasteiger charge is -2.07. The second kappa shape index (κ2) is 8.54. The number of nitrogens with one attached hydrogen (secondary N) is 1. The van der Waals surface area contributed by atoms with Crippen molar-refractivity contribution in [3.05, 3.63) is 83.5 Å². The maximum Gasteiger partial charge on any atom is 0.248 e. The Kier molecular flexibility index (Phi) is 5.49. The Morgan fingerprint density at radius 2 is 1.93 bits per heavy atom. The first-order valence-corrected chi connectivity index (χ1v) is 9.77. The number of fused-ring (bicyclic) bond motifs is 1. The number of anilines is 1. The van der Waals surface area contributed by atoms with Crippen LogP contribution in [0.5, 0.6) is 11.6 Å². The monoisotopic (exact) mass is 416 g/mol. The van der Waals surface area contributed by atoms with Crippen molar-refractivity contribution < 1.29 is 14.3 Å². The van der Waals surface area contributed by atoms with E-state index in [9.17, 15) is 9.59 Å². The standard InChI is InChI=1S/C22H16N4O3S/c23-22(28)14-4-3-5-16(12-14)29-20-10-8-15(13-24-20)25-19(27)9-11-21-26-17-6-1-2-7-18(17)30-21/h1-13H,(H2,23,28)(H,25,27)/b11-9+. The van der Waals surface area contributed by atoms with E-state index >= 15 is 0 Å². The van der Waals surface area contributed by atoms with Crippen molar-refractivity contribution in [1.82, 2.24) is 9.97 Å². The van der Waals surface area contributed by atoms with Gasteiger partial charge in [-0.2, -0.15) is 0 Å². The molecule has 0 bridgehead atoms. The minimum atomic E-state index is -0.537. The van der Waals surface area contributed by atoms with Gasteiger partial charge in [0.05, 0.1) is 22.1 Å². The molecule has 4 rings (SSSR count). The van der Waals surface area contributed by atoms with Gasteiger partial charge in [-0.05, 0) is 42.5 Å². The highest BCUT2D eigenvalue weighted by Crippen LogP contribution is 2.23. The van der Waals surface area contributed by atoms with Gasteiger partial charge in [-0.25, -0.2) is 9.97 Å². The zero-order valence-electron chi connectivity index (χ0n) is 15.6. The zero-order valence-corrected chi connectivity index (χ0v) is 16.4. The molecule has 3 N–H and O–H groups in total. The summed E-state index contributed by atoms with van der Waals surface area (Å²) in [7, 11) is 0.